The number of hydrogen-bond acceptors (Lipinski definition) is 6. The average molecular weight is 511 g/mol. The van der Waals surface area contributed by atoms with Gasteiger partial charge in [0.25, 0.3) is 0 Å². The Hall–Kier alpha value is -3.97. The molecule has 7 nitrogen and oxygen atoms in total. The molecule has 0 saturated carbocycles. The Morgan fingerprint density at radius 2 is 1.50 bits per heavy atom. The Morgan fingerprint density at radius 3 is 2.05 bits per heavy atom. The molecule has 5 rings (SSSR count). The van der Waals surface area contributed by atoms with Crippen molar-refractivity contribution in [1.29, 1.82) is 0 Å². The standard InChI is InChI=1S/C31H34N4O3/c1-3-38-30(37)26-27(23-16-14-22(2)15-17-23)32-31(33-29(26)36)35-20-18-34(19-21-35)28(24-10-6-4-7-11-24)25-12-8-5-9-13-25/h4-17,26-28H,3,18-21H2,1-2H3,(H,32,33,36)/t26-,27+/m1/s1. The van der Waals surface area contributed by atoms with E-state index in [1.54, 1.807) is 6.92 Å². The van der Waals surface area contributed by atoms with Crippen molar-refractivity contribution in [1.82, 2.24) is 15.1 Å². The zero-order valence-electron chi connectivity index (χ0n) is 21.9. The molecular weight excluding hydrogens is 476 g/mol. The normalized spacial score (nSPS) is 20.1. The van der Waals surface area contributed by atoms with Crippen molar-refractivity contribution >= 4 is 17.8 Å². The fourth-order valence-corrected chi connectivity index (χ4v) is 5.31. The van der Waals surface area contributed by atoms with Gasteiger partial charge in [-0.15, -0.1) is 0 Å². The second-order valence-electron chi connectivity index (χ2n) is 9.77. The van der Waals surface area contributed by atoms with Crippen LogP contribution in [-0.4, -0.2) is 60.4 Å². The quantitative estimate of drug-likeness (QED) is 0.399. The summed E-state index contributed by atoms with van der Waals surface area (Å²) >= 11 is 0. The molecule has 2 heterocycles. The highest BCUT2D eigenvalue weighted by molar-refractivity contribution is 6.08. The Morgan fingerprint density at radius 1 is 0.921 bits per heavy atom. The largest absolute Gasteiger partial charge is 0.465 e. The van der Waals surface area contributed by atoms with E-state index >= 15 is 0 Å². The van der Waals surface area contributed by atoms with E-state index in [1.165, 1.54) is 11.1 Å². The summed E-state index contributed by atoms with van der Waals surface area (Å²) in [5.74, 6) is -1.40. The number of piperazine rings is 1. The SMILES string of the molecule is CCOC(=O)[C@H]1C(=O)NC(N2CCN(C(c3ccccc3)c3ccccc3)CC2)=N[C@H]1c1ccc(C)cc1. The molecule has 2 aliphatic rings. The molecule has 3 aromatic rings. The number of aryl methyl sites for hydroxylation is 1. The van der Waals surface area contributed by atoms with Crippen LogP contribution >= 0.6 is 0 Å². The van der Waals surface area contributed by atoms with Crippen LogP contribution in [0.5, 0.6) is 0 Å². The van der Waals surface area contributed by atoms with Crippen LogP contribution in [0.15, 0.2) is 89.9 Å². The van der Waals surface area contributed by atoms with Crippen molar-refractivity contribution in [2.75, 3.05) is 32.8 Å². The Kier molecular flexibility index (Phi) is 7.84. The van der Waals surface area contributed by atoms with Crippen LogP contribution in [0.25, 0.3) is 0 Å². The number of hydrogen-bond donors (Lipinski definition) is 1. The molecular formula is C31H34N4O3. The van der Waals surface area contributed by atoms with Crippen LogP contribution in [0.2, 0.25) is 0 Å². The number of rotatable bonds is 6. The van der Waals surface area contributed by atoms with E-state index in [0.29, 0.717) is 19.0 Å². The van der Waals surface area contributed by atoms with E-state index in [0.717, 1.165) is 24.2 Å². The first-order valence-electron chi connectivity index (χ1n) is 13.3. The number of esters is 1. The number of aliphatic imine (C=N–C) groups is 1. The zero-order valence-corrected chi connectivity index (χ0v) is 21.9. The molecule has 0 aliphatic carbocycles. The van der Waals surface area contributed by atoms with Gasteiger partial charge in [-0.2, -0.15) is 0 Å². The molecule has 3 aromatic carbocycles. The zero-order chi connectivity index (χ0) is 26.5. The van der Waals surface area contributed by atoms with E-state index in [2.05, 4.69) is 63.6 Å². The highest BCUT2D eigenvalue weighted by Gasteiger charge is 2.42. The molecule has 2 atom stereocenters. The third kappa shape index (κ3) is 5.48. The number of nitrogens with one attached hydrogen (secondary N) is 1. The number of carbonyl (C=O) groups excluding carboxylic acids is 2. The molecule has 1 fully saturated rings. The van der Waals surface area contributed by atoms with Crippen molar-refractivity contribution < 1.29 is 14.3 Å². The minimum atomic E-state index is -1.01. The first-order chi connectivity index (χ1) is 18.5. The van der Waals surface area contributed by atoms with Crippen LogP contribution in [-0.2, 0) is 14.3 Å². The van der Waals surface area contributed by atoms with Gasteiger partial charge in [0.05, 0.1) is 12.6 Å². The first kappa shape index (κ1) is 25.7. The molecule has 0 bridgehead atoms. The molecule has 7 heteroatoms. The van der Waals surface area contributed by atoms with E-state index in [1.807, 2.05) is 43.3 Å². The van der Waals surface area contributed by atoms with E-state index in [4.69, 9.17) is 9.73 Å². The molecule has 1 amide bonds. The first-order valence-corrected chi connectivity index (χ1v) is 13.3. The molecule has 0 spiro atoms. The predicted molar refractivity (Wildman–Crippen MR) is 147 cm³/mol. The van der Waals surface area contributed by atoms with Crippen molar-refractivity contribution in [2.24, 2.45) is 10.9 Å². The maximum absolute atomic E-state index is 13.2. The van der Waals surface area contributed by atoms with E-state index in [-0.39, 0.29) is 18.6 Å². The lowest BCUT2D eigenvalue weighted by molar-refractivity contribution is -0.153. The van der Waals surface area contributed by atoms with Crippen LogP contribution in [0.3, 0.4) is 0 Å². The van der Waals surface area contributed by atoms with Gasteiger partial charge in [0.1, 0.15) is 6.04 Å². The second-order valence-corrected chi connectivity index (χ2v) is 9.77. The Balaban J connectivity index is 1.38. The predicted octanol–water partition coefficient (Wildman–Crippen LogP) is 4.11. The molecule has 0 unspecified atom stereocenters. The van der Waals surface area contributed by atoms with Gasteiger partial charge in [-0.05, 0) is 30.5 Å². The maximum atomic E-state index is 13.2. The van der Waals surface area contributed by atoms with Crippen LogP contribution in [0.1, 0.15) is 41.3 Å². The lowest BCUT2D eigenvalue weighted by Crippen LogP contribution is -2.57. The fourth-order valence-electron chi connectivity index (χ4n) is 5.31. The number of ether oxygens (including phenoxy) is 1. The molecule has 2 aliphatic heterocycles. The van der Waals surface area contributed by atoms with Gasteiger partial charge in [-0.3, -0.25) is 19.8 Å². The number of amides is 1. The molecule has 0 aromatic heterocycles. The Bertz CT molecular complexity index is 1230. The van der Waals surface area contributed by atoms with Crippen LogP contribution in [0.4, 0.5) is 0 Å². The van der Waals surface area contributed by atoms with Gasteiger partial charge in [0.2, 0.25) is 11.9 Å². The van der Waals surface area contributed by atoms with Crippen molar-refractivity contribution in [3.05, 3.63) is 107 Å². The Labute approximate surface area is 224 Å². The summed E-state index contributed by atoms with van der Waals surface area (Å²) in [6.45, 7) is 6.99. The number of carbonyl (C=O) groups is 2. The summed E-state index contributed by atoms with van der Waals surface area (Å²) < 4.78 is 5.24. The average Bonchev–Trinajstić information content (AvgIpc) is 2.95. The van der Waals surface area contributed by atoms with Gasteiger partial charge in [-0.25, -0.2) is 4.99 Å². The van der Waals surface area contributed by atoms with E-state index < -0.39 is 17.9 Å². The minimum absolute atomic E-state index is 0.149. The lowest BCUT2D eigenvalue weighted by Gasteiger charge is -2.42. The highest BCUT2D eigenvalue weighted by atomic mass is 16.5. The lowest BCUT2D eigenvalue weighted by atomic mass is 9.91. The number of nitrogens with zero attached hydrogens (tertiary/aromatic N) is 3. The topological polar surface area (TPSA) is 74.2 Å². The van der Waals surface area contributed by atoms with E-state index in [9.17, 15) is 9.59 Å². The second kappa shape index (κ2) is 11.6. The van der Waals surface area contributed by atoms with Gasteiger partial charge in [0.15, 0.2) is 5.92 Å². The number of benzene rings is 3. The summed E-state index contributed by atoms with van der Waals surface area (Å²) in [7, 11) is 0. The number of guanidine groups is 1. The monoisotopic (exact) mass is 510 g/mol. The molecule has 1 saturated heterocycles. The summed E-state index contributed by atoms with van der Waals surface area (Å²) in [4.78, 5) is 35.5. The molecule has 0 radical (unpaired) electrons. The smallest absolute Gasteiger partial charge is 0.321 e. The van der Waals surface area contributed by atoms with Crippen molar-refractivity contribution in [2.45, 2.75) is 25.9 Å². The highest BCUT2D eigenvalue weighted by Crippen LogP contribution is 2.33. The van der Waals surface area contributed by atoms with Gasteiger partial charge in [-0.1, -0.05) is 90.5 Å². The third-order valence-corrected chi connectivity index (χ3v) is 7.26. The minimum Gasteiger partial charge on any atom is -0.465 e. The molecule has 196 valence electrons. The maximum Gasteiger partial charge on any atom is 0.321 e. The van der Waals surface area contributed by atoms with Crippen molar-refractivity contribution in [3.63, 3.8) is 0 Å². The van der Waals surface area contributed by atoms with Crippen LogP contribution in [0, 0.1) is 12.8 Å². The van der Waals surface area contributed by atoms with Crippen molar-refractivity contribution in [3.8, 4) is 0 Å². The summed E-state index contributed by atoms with van der Waals surface area (Å²) in [6, 6.07) is 28.5. The van der Waals surface area contributed by atoms with Gasteiger partial charge >= 0.3 is 5.97 Å². The van der Waals surface area contributed by atoms with Crippen LogP contribution < -0.4 is 5.32 Å². The van der Waals surface area contributed by atoms with Gasteiger partial charge < -0.3 is 9.64 Å². The fraction of sp³-hybridized carbons (Fsp3) is 0.323. The summed E-state index contributed by atoms with van der Waals surface area (Å²) in [5, 5.41) is 2.91. The van der Waals surface area contributed by atoms with Gasteiger partial charge in [0, 0.05) is 26.2 Å². The summed E-state index contributed by atoms with van der Waals surface area (Å²) in [6.07, 6.45) is 0. The summed E-state index contributed by atoms with van der Waals surface area (Å²) in [5.41, 5.74) is 4.45. The third-order valence-electron chi connectivity index (χ3n) is 7.26. The molecule has 38 heavy (non-hydrogen) atoms. The molecule has 1 N–H and O–H groups in total.